The highest BCUT2D eigenvalue weighted by Gasteiger charge is 2.36. The van der Waals surface area contributed by atoms with Crippen molar-refractivity contribution in [3.8, 4) is 5.75 Å². The number of benzene rings is 2. The van der Waals surface area contributed by atoms with Gasteiger partial charge in [-0.1, -0.05) is 18.5 Å². The number of nitrogens with zero attached hydrogens (tertiary/aromatic N) is 2. The molecule has 1 amide bonds. The molecule has 32 heavy (non-hydrogen) atoms. The number of carbonyl (C=O) groups excluding carboxylic acids is 1. The third-order valence-corrected chi connectivity index (χ3v) is 7.21. The lowest BCUT2D eigenvalue weighted by Crippen LogP contribution is -2.48. The van der Waals surface area contributed by atoms with Gasteiger partial charge < -0.3 is 15.0 Å². The van der Waals surface area contributed by atoms with E-state index in [4.69, 9.17) is 16.3 Å². The van der Waals surface area contributed by atoms with Gasteiger partial charge in [-0.3, -0.25) is 4.79 Å². The fourth-order valence-electron chi connectivity index (χ4n) is 4.67. The van der Waals surface area contributed by atoms with E-state index < -0.39 is 0 Å². The summed E-state index contributed by atoms with van der Waals surface area (Å²) in [5.41, 5.74) is 4.22. The summed E-state index contributed by atoms with van der Waals surface area (Å²) in [4.78, 5) is 20.2. The molecule has 0 radical (unpaired) electrons. The molecule has 0 aliphatic carbocycles. The molecule has 4 rings (SSSR count). The van der Waals surface area contributed by atoms with E-state index in [1.165, 1.54) is 23.0 Å². The van der Waals surface area contributed by atoms with Gasteiger partial charge in [-0.25, -0.2) is 4.99 Å². The molecule has 1 fully saturated rings. The Morgan fingerprint density at radius 1 is 1.31 bits per heavy atom. The van der Waals surface area contributed by atoms with Crippen molar-refractivity contribution in [1.82, 2.24) is 5.32 Å². The Kier molecular flexibility index (Phi) is 6.28. The molecule has 1 unspecified atom stereocenters. The van der Waals surface area contributed by atoms with E-state index in [1.54, 1.807) is 19.2 Å². The quantitative estimate of drug-likeness (QED) is 0.530. The molecule has 0 aromatic heterocycles. The summed E-state index contributed by atoms with van der Waals surface area (Å²) < 4.78 is 5.73. The summed E-state index contributed by atoms with van der Waals surface area (Å²) in [7, 11) is 1.67. The highest BCUT2D eigenvalue weighted by molar-refractivity contribution is 8.18. The molecular formula is C25H28ClN3O2S. The third-order valence-electron chi connectivity index (χ3n) is 6.05. The number of anilines is 1. The first-order chi connectivity index (χ1) is 15.2. The van der Waals surface area contributed by atoms with Crippen LogP contribution in [0.2, 0.25) is 5.02 Å². The van der Waals surface area contributed by atoms with Gasteiger partial charge in [0, 0.05) is 34.4 Å². The van der Waals surface area contributed by atoms with Crippen molar-refractivity contribution in [2.45, 2.75) is 45.6 Å². The average molecular weight is 470 g/mol. The smallest absolute Gasteiger partial charge is 0.264 e. The zero-order valence-corrected chi connectivity index (χ0v) is 20.6. The number of nitrogens with one attached hydrogen (secondary N) is 1. The molecular weight excluding hydrogens is 442 g/mol. The van der Waals surface area contributed by atoms with Crippen LogP contribution in [-0.4, -0.2) is 30.3 Å². The van der Waals surface area contributed by atoms with Crippen molar-refractivity contribution >= 4 is 51.9 Å². The second-order valence-electron chi connectivity index (χ2n) is 8.77. The van der Waals surface area contributed by atoms with Crippen molar-refractivity contribution < 1.29 is 9.53 Å². The van der Waals surface area contributed by atoms with Crippen LogP contribution >= 0.6 is 23.4 Å². The van der Waals surface area contributed by atoms with Crippen molar-refractivity contribution in [2.75, 3.05) is 18.6 Å². The molecule has 168 valence electrons. The summed E-state index contributed by atoms with van der Waals surface area (Å²) in [6, 6.07) is 11.5. The zero-order chi connectivity index (χ0) is 23.0. The van der Waals surface area contributed by atoms with Gasteiger partial charge in [0.05, 0.1) is 17.7 Å². The van der Waals surface area contributed by atoms with Crippen molar-refractivity contribution in [1.29, 1.82) is 0 Å². The SMILES string of the molecule is CCN1c2cc(OC)c(/C=C3/SC(=Nc4ccc(Cl)cc4)NC3=O)cc2C(C)CC1(C)C. The largest absolute Gasteiger partial charge is 0.496 e. The molecule has 5 nitrogen and oxygen atoms in total. The molecule has 0 spiro atoms. The number of fused-ring (bicyclic) bond motifs is 1. The lowest BCUT2D eigenvalue weighted by atomic mass is 9.79. The summed E-state index contributed by atoms with van der Waals surface area (Å²) in [6.45, 7) is 9.97. The maximum atomic E-state index is 12.6. The fourth-order valence-corrected chi connectivity index (χ4v) is 5.63. The Labute approximate surface area is 198 Å². The third kappa shape index (κ3) is 4.39. The van der Waals surface area contributed by atoms with Crippen LogP contribution in [0.1, 0.15) is 51.2 Å². The van der Waals surface area contributed by atoms with E-state index in [1.807, 2.05) is 18.2 Å². The number of halogens is 1. The molecule has 1 N–H and O–H groups in total. The number of amides is 1. The molecule has 2 aliphatic rings. The Balaban J connectivity index is 1.69. The van der Waals surface area contributed by atoms with Gasteiger partial charge in [0.25, 0.3) is 5.91 Å². The molecule has 0 saturated carbocycles. The Morgan fingerprint density at radius 2 is 2.03 bits per heavy atom. The Bertz CT molecular complexity index is 1110. The number of thioether (sulfide) groups is 1. The predicted molar refractivity (Wildman–Crippen MR) is 135 cm³/mol. The van der Waals surface area contributed by atoms with Crippen LogP contribution in [0.15, 0.2) is 46.3 Å². The lowest BCUT2D eigenvalue weighted by molar-refractivity contribution is -0.115. The minimum Gasteiger partial charge on any atom is -0.496 e. The number of methoxy groups -OCH3 is 1. The van der Waals surface area contributed by atoms with E-state index in [-0.39, 0.29) is 11.4 Å². The summed E-state index contributed by atoms with van der Waals surface area (Å²) in [5, 5.41) is 4.04. The van der Waals surface area contributed by atoms with E-state index in [0.29, 0.717) is 21.0 Å². The predicted octanol–water partition coefficient (Wildman–Crippen LogP) is 6.35. The first-order valence-electron chi connectivity index (χ1n) is 10.8. The average Bonchev–Trinajstić information content (AvgIpc) is 3.08. The monoisotopic (exact) mass is 469 g/mol. The van der Waals surface area contributed by atoms with Crippen LogP contribution in [0.5, 0.6) is 5.75 Å². The molecule has 1 saturated heterocycles. The van der Waals surface area contributed by atoms with Crippen LogP contribution in [-0.2, 0) is 4.79 Å². The standard InChI is InChI=1S/C25H28ClN3O2S/c1-6-29-20-13-21(31-5)16(11-19(20)15(2)14-25(29,3)4)12-22-23(30)28-24(32-22)27-18-9-7-17(26)8-10-18/h7-13,15H,6,14H2,1-5H3,(H,27,28,30)/b22-12+. The van der Waals surface area contributed by atoms with Crippen molar-refractivity contribution in [3.63, 3.8) is 0 Å². The highest BCUT2D eigenvalue weighted by Crippen LogP contribution is 2.46. The number of carbonyl (C=O) groups is 1. The molecule has 2 aromatic rings. The second kappa shape index (κ2) is 8.83. The second-order valence-corrected chi connectivity index (χ2v) is 10.2. The van der Waals surface area contributed by atoms with E-state index in [0.717, 1.165) is 30.0 Å². The van der Waals surface area contributed by atoms with Gasteiger partial charge in [-0.2, -0.15) is 0 Å². The molecule has 1 atom stereocenters. The maximum Gasteiger partial charge on any atom is 0.264 e. The minimum absolute atomic E-state index is 0.0837. The number of ether oxygens (including phenoxy) is 1. The summed E-state index contributed by atoms with van der Waals surface area (Å²) in [5.74, 6) is 1.01. The molecule has 2 aliphatic heterocycles. The topological polar surface area (TPSA) is 53.9 Å². The van der Waals surface area contributed by atoms with E-state index in [9.17, 15) is 4.79 Å². The Hall–Kier alpha value is -2.44. The normalized spacial score (nSPS) is 22.2. The van der Waals surface area contributed by atoms with Gasteiger partial charge in [0.1, 0.15) is 5.75 Å². The van der Waals surface area contributed by atoms with Crippen LogP contribution in [0, 0.1) is 0 Å². The number of hydrogen-bond acceptors (Lipinski definition) is 5. The minimum atomic E-state index is -0.160. The first-order valence-corrected chi connectivity index (χ1v) is 12.0. The van der Waals surface area contributed by atoms with Gasteiger partial charge in [0.2, 0.25) is 0 Å². The van der Waals surface area contributed by atoms with Crippen molar-refractivity contribution in [2.24, 2.45) is 4.99 Å². The number of aliphatic imine (C=N–C) groups is 1. The molecule has 7 heteroatoms. The number of rotatable bonds is 4. The zero-order valence-electron chi connectivity index (χ0n) is 19.0. The fraction of sp³-hybridized carbons (Fsp3) is 0.360. The van der Waals surface area contributed by atoms with Crippen molar-refractivity contribution in [3.05, 3.63) is 57.5 Å². The number of amidine groups is 1. The molecule has 0 bridgehead atoms. The van der Waals surface area contributed by atoms with Gasteiger partial charge in [0.15, 0.2) is 5.17 Å². The van der Waals surface area contributed by atoms with Crippen LogP contribution < -0.4 is 15.0 Å². The maximum absolute atomic E-state index is 12.6. The molecule has 2 heterocycles. The summed E-state index contributed by atoms with van der Waals surface area (Å²) >= 11 is 7.27. The Morgan fingerprint density at radius 3 is 2.69 bits per heavy atom. The highest BCUT2D eigenvalue weighted by atomic mass is 35.5. The van der Waals surface area contributed by atoms with E-state index in [2.05, 4.69) is 55.0 Å². The molecule has 2 aromatic carbocycles. The van der Waals surface area contributed by atoms with Crippen LogP contribution in [0.4, 0.5) is 11.4 Å². The van der Waals surface area contributed by atoms with Crippen LogP contribution in [0.25, 0.3) is 6.08 Å². The lowest BCUT2D eigenvalue weighted by Gasteiger charge is -2.47. The van der Waals surface area contributed by atoms with Gasteiger partial charge >= 0.3 is 0 Å². The van der Waals surface area contributed by atoms with Gasteiger partial charge in [-0.15, -0.1) is 0 Å². The van der Waals surface area contributed by atoms with E-state index >= 15 is 0 Å². The van der Waals surface area contributed by atoms with Crippen LogP contribution in [0.3, 0.4) is 0 Å². The first kappa shape index (κ1) is 22.7. The summed E-state index contributed by atoms with van der Waals surface area (Å²) in [6.07, 6.45) is 2.97. The van der Waals surface area contributed by atoms with Gasteiger partial charge in [-0.05, 0) is 86.8 Å². The number of hydrogen-bond donors (Lipinski definition) is 1.